The number of ether oxygens (including phenoxy) is 1. The van der Waals surface area contributed by atoms with E-state index in [9.17, 15) is 9.59 Å². The Morgan fingerprint density at radius 2 is 1.86 bits per heavy atom. The standard InChI is InChI=1S/C22H24N4O3/c1-16-7-6-8-17(13-16)21-19(15-26(25-21)18-9-4-3-5-10-18)22(28)24-14-20(27)23-11-12-29-2/h3-10,13,15H,11-12,14H2,1-2H3,(H,23,27)(H,24,28). The van der Waals surface area contributed by atoms with E-state index in [1.165, 1.54) is 0 Å². The summed E-state index contributed by atoms with van der Waals surface area (Å²) in [6, 6.07) is 17.4. The molecule has 0 spiro atoms. The third kappa shape index (κ3) is 5.30. The highest BCUT2D eigenvalue weighted by Gasteiger charge is 2.19. The number of aromatic nitrogens is 2. The first kappa shape index (κ1) is 20.3. The number of methoxy groups -OCH3 is 1. The first-order chi connectivity index (χ1) is 14.1. The highest BCUT2D eigenvalue weighted by Crippen LogP contribution is 2.24. The van der Waals surface area contributed by atoms with Crippen molar-refractivity contribution in [1.29, 1.82) is 0 Å². The molecule has 0 atom stereocenters. The lowest BCUT2D eigenvalue weighted by molar-refractivity contribution is -0.120. The molecule has 3 aromatic rings. The van der Waals surface area contributed by atoms with E-state index in [4.69, 9.17) is 4.74 Å². The number of benzene rings is 2. The van der Waals surface area contributed by atoms with Gasteiger partial charge in [-0.05, 0) is 25.1 Å². The van der Waals surface area contributed by atoms with Crippen LogP contribution in [0.15, 0.2) is 60.8 Å². The van der Waals surface area contributed by atoms with Gasteiger partial charge in [-0.15, -0.1) is 0 Å². The molecule has 0 radical (unpaired) electrons. The minimum atomic E-state index is -0.356. The van der Waals surface area contributed by atoms with Crippen molar-refractivity contribution in [2.45, 2.75) is 6.92 Å². The molecule has 2 amide bonds. The summed E-state index contributed by atoms with van der Waals surface area (Å²) in [7, 11) is 1.56. The smallest absolute Gasteiger partial charge is 0.255 e. The fourth-order valence-corrected chi connectivity index (χ4v) is 2.87. The molecule has 2 N–H and O–H groups in total. The van der Waals surface area contributed by atoms with Gasteiger partial charge in [-0.1, -0.05) is 42.0 Å². The molecule has 0 saturated heterocycles. The lowest BCUT2D eigenvalue weighted by atomic mass is 10.1. The number of nitrogens with zero attached hydrogens (tertiary/aromatic N) is 2. The van der Waals surface area contributed by atoms with Gasteiger partial charge in [-0.2, -0.15) is 5.10 Å². The number of carbonyl (C=O) groups excluding carboxylic acids is 2. The summed E-state index contributed by atoms with van der Waals surface area (Å²) in [5, 5.41) is 9.99. The molecule has 1 heterocycles. The molecule has 0 aliphatic heterocycles. The quantitative estimate of drug-likeness (QED) is 0.576. The lowest BCUT2D eigenvalue weighted by Crippen LogP contribution is -2.38. The van der Waals surface area contributed by atoms with Crippen molar-refractivity contribution >= 4 is 11.8 Å². The molecule has 150 valence electrons. The monoisotopic (exact) mass is 392 g/mol. The SMILES string of the molecule is COCCNC(=O)CNC(=O)c1cn(-c2ccccc2)nc1-c1cccc(C)c1. The van der Waals surface area contributed by atoms with E-state index in [0.29, 0.717) is 24.4 Å². The minimum absolute atomic E-state index is 0.119. The zero-order chi connectivity index (χ0) is 20.6. The van der Waals surface area contributed by atoms with E-state index in [2.05, 4.69) is 15.7 Å². The van der Waals surface area contributed by atoms with Gasteiger partial charge in [-0.25, -0.2) is 4.68 Å². The fourth-order valence-electron chi connectivity index (χ4n) is 2.87. The second-order valence-corrected chi connectivity index (χ2v) is 6.57. The van der Waals surface area contributed by atoms with Gasteiger partial charge >= 0.3 is 0 Å². The summed E-state index contributed by atoms with van der Waals surface area (Å²) in [5.74, 6) is -0.631. The Kier molecular flexibility index (Phi) is 6.76. The Labute approximate surface area is 169 Å². The van der Waals surface area contributed by atoms with E-state index in [1.54, 1.807) is 18.0 Å². The van der Waals surface area contributed by atoms with Gasteiger partial charge in [0.25, 0.3) is 5.91 Å². The molecule has 2 aromatic carbocycles. The number of hydrogen-bond donors (Lipinski definition) is 2. The highest BCUT2D eigenvalue weighted by molar-refractivity contribution is 6.01. The van der Waals surface area contributed by atoms with E-state index in [0.717, 1.165) is 16.8 Å². The van der Waals surface area contributed by atoms with Crippen molar-refractivity contribution in [2.24, 2.45) is 0 Å². The molecule has 0 bridgehead atoms. The van der Waals surface area contributed by atoms with Crippen LogP contribution in [0.2, 0.25) is 0 Å². The van der Waals surface area contributed by atoms with Crippen LogP contribution in [0, 0.1) is 6.92 Å². The molecule has 0 aliphatic carbocycles. The Hall–Kier alpha value is -3.45. The average molecular weight is 392 g/mol. The number of rotatable bonds is 8. The van der Waals surface area contributed by atoms with Crippen LogP contribution in [-0.4, -0.2) is 48.4 Å². The Bertz CT molecular complexity index is 983. The van der Waals surface area contributed by atoms with Crippen LogP contribution in [-0.2, 0) is 9.53 Å². The molecule has 0 unspecified atom stereocenters. The molecule has 3 rings (SSSR count). The normalized spacial score (nSPS) is 10.6. The molecule has 1 aromatic heterocycles. The maximum Gasteiger partial charge on any atom is 0.255 e. The second-order valence-electron chi connectivity index (χ2n) is 6.57. The first-order valence-electron chi connectivity index (χ1n) is 9.34. The van der Waals surface area contributed by atoms with Crippen LogP contribution in [0.5, 0.6) is 0 Å². The molecule has 0 fully saturated rings. The predicted molar refractivity (Wildman–Crippen MR) is 111 cm³/mol. The van der Waals surface area contributed by atoms with Gasteiger partial charge in [0, 0.05) is 25.4 Å². The van der Waals surface area contributed by atoms with Crippen LogP contribution >= 0.6 is 0 Å². The predicted octanol–water partition coefficient (Wildman–Crippen LogP) is 2.34. The van der Waals surface area contributed by atoms with Crippen molar-refractivity contribution in [1.82, 2.24) is 20.4 Å². The van der Waals surface area contributed by atoms with Gasteiger partial charge in [-0.3, -0.25) is 9.59 Å². The minimum Gasteiger partial charge on any atom is -0.383 e. The zero-order valence-electron chi connectivity index (χ0n) is 16.5. The number of amides is 2. The first-order valence-corrected chi connectivity index (χ1v) is 9.34. The Morgan fingerprint density at radius 1 is 1.07 bits per heavy atom. The highest BCUT2D eigenvalue weighted by atomic mass is 16.5. The number of carbonyl (C=O) groups is 2. The van der Waals surface area contributed by atoms with Crippen LogP contribution < -0.4 is 10.6 Å². The van der Waals surface area contributed by atoms with Crippen molar-refractivity contribution in [3.63, 3.8) is 0 Å². The summed E-state index contributed by atoms with van der Waals surface area (Å²) in [6.07, 6.45) is 1.69. The van der Waals surface area contributed by atoms with Gasteiger partial charge in [0.15, 0.2) is 0 Å². The van der Waals surface area contributed by atoms with Crippen molar-refractivity contribution < 1.29 is 14.3 Å². The number of nitrogens with one attached hydrogen (secondary N) is 2. The average Bonchev–Trinajstić information content (AvgIpc) is 3.18. The third-order valence-corrected chi connectivity index (χ3v) is 4.31. The van der Waals surface area contributed by atoms with E-state index in [-0.39, 0.29) is 18.4 Å². The zero-order valence-corrected chi connectivity index (χ0v) is 16.5. The number of aryl methyl sites for hydroxylation is 1. The molecular weight excluding hydrogens is 368 g/mol. The third-order valence-electron chi connectivity index (χ3n) is 4.31. The second kappa shape index (κ2) is 9.66. The van der Waals surface area contributed by atoms with Gasteiger partial charge in [0.2, 0.25) is 5.91 Å². The maximum absolute atomic E-state index is 12.8. The Balaban J connectivity index is 1.85. The van der Waals surface area contributed by atoms with E-state index < -0.39 is 0 Å². The summed E-state index contributed by atoms with van der Waals surface area (Å²) < 4.78 is 6.57. The van der Waals surface area contributed by atoms with E-state index in [1.807, 2.05) is 61.5 Å². The van der Waals surface area contributed by atoms with Crippen molar-refractivity contribution in [3.05, 3.63) is 71.9 Å². The molecule has 0 saturated carbocycles. The molecule has 0 aliphatic rings. The van der Waals surface area contributed by atoms with Gasteiger partial charge in [0.1, 0.15) is 5.69 Å². The topological polar surface area (TPSA) is 85.3 Å². The maximum atomic E-state index is 12.8. The van der Waals surface area contributed by atoms with Crippen LogP contribution in [0.4, 0.5) is 0 Å². The lowest BCUT2D eigenvalue weighted by Gasteiger charge is -2.07. The molecule has 7 heteroatoms. The summed E-state index contributed by atoms with van der Waals surface area (Å²) in [5.41, 5.74) is 3.73. The van der Waals surface area contributed by atoms with Crippen molar-refractivity contribution in [2.75, 3.05) is 26.8 Å². The molecule has 7 nitrogen and oxygen atoms in total. The molecule has 29 heavy (non-hydrogen) atoms. The van der Waals surface area contributed by atoms with E-state index >= 15 is 0 Å². The van der Waals surface area contributed by atoms with Gasteiger partial charge in [0.05, 0.1) is 24.4 Å². The van der Waals surface area contributed by atoms with Crippen molar-refractivity contribution in [3.8, 4) is 16.9 Å². The van der Waals surface area contributed by atoms with Crippen LogP contribution in [0.1, 0.15) is 15.9 Å². The summed E-state index contributed by atoms with van der Waals surface area (Å²) in [4.78, 5) is 24.7. The summed E-state index contributed by atoms with van der Waals surface area (Å²) in [6.45, 7) is 2.68. The fraction of sp³-hybridized carbons (Fsp3) is 0.227. The largest absolute Gasteiger partial charge is 0.383 e. The van der Waals surface area contributed by atoms with Crippen LogP contribution in [0.3, 0.4) is 0 Å². The van der Waals surface area contributed by atoms with Crippen LogP contribution in [0.25, 0.3) is 16.9 Å². The molecular formula is C22H24N4O3. The summed E-state index contributed by atoms with van der Waals surface area (Å²) >= 11 is 0. The Morgan fingerprint density at radius 3 is 2.59 bits per heavy atom. The number of hydrogen-bond acceptors (Lipinski definition) is 4. The van der Waals surface area contributed by atoms with Gasteiger partial charge < -0.3 is 15.4 Å². The number of para-hydroxylation sites is 1.